The number of amides is 1. The largest absolute Gasteiger partial charge is 0.494 e. The van der Waals surface area contributed by atoms with Crippen molar-refractivity contribution in [3.05, 3.63) is 51.5 Å². The number of nitrogens with one attached hydrogen (secondary N) is 2. The molecule has 0 unspecified atom stereocenters. The molecule has 0 aliphatic carbocycles. The van der Waals surface area contributed by atoms with E-state index in [9.17, 15) is 9.59 Å². The fraction of sp³-hybridized carbons (Fsp3) is 0.318. The van der Waals surface area contributed by atoms with Crippen LogP contribution in [0.4, 0.5) is 11.4 Å². The number of carbonyl (C=O) groups excluding carboxylic acids is 2. The number of benzene rings is 2. The number of anilines is 2. The van der Waals surface area contributed by atoms with E-state index in [0.717, 1.165) is 31.9 Å². The van der Waals surface area contributed by atoms with Crippen LogP contribution in [0.25, 0.3) is 0 Å². The molecule has 8 nitrogen and oxygen atoms in total. The number of thiocarbonyl (C=S) groups is 1. The number of likely N-dealkylation sites (N-methyl/N-ethyl adjacent to an activating group) is 1. The Bertz CT molecular complexity index is 1050. The lowest BCUT2D eigenvalue weighted by atomic mass is 10.1. The Morgan fingerprint density at radius 2 is 1.64 bits per heavy atom. The van der Waals surface area contributed by atoms with Gasteiger partial charge in [-0.25, -0.2) is 4.79 Å². The molecule has 2 aromatic rings. The van der Waals surface area contributed by atoms with Crippen molar-refractivity contribution in [2.75, 3.05) is 57.7 Å². The predicted molar refractivity (Wildman–Crippen MR) is 134 cm³/mol. The molecule has 0 radical (unpaired) electrons. The van der Waals surface area contributed by atoms with Gasteiger partial charge in [0.05, 0.1) is 41.2 Å². The highest BCUT2D eigenvalue weighted by Crippen LogP contribution is 2.34. The van der Waals surface area contributed by atoms with E-state index in [2.05, 4.69) is 27.5 Å². The molecule has 2 aromatic carbocycles. The fourth-order valence-electron chi connectivity index (χ4n) is 3.42. The number of halogens is 2. The molecule has 0 saturated carbocycles. The minimum absolute atomic E-state index is 0.0560. The first-order chi connectivity index (χ1) is 15.7. The van der Waals surface area contributed by atoms with Gasteiger partial charge in [-0.1, -0.05) is 23.2 Å². The molecular formula is C22H24Cl2N4O4S. The zero-order valence-electron chi connectivity index (χ0n) is 18.4. The smallest absolute Gasteiger partial charge is 0.337 e. The number of carbonyl (C=O) groups is 2. The van der Waals surface area contributed by atoms with Gasteiger partial charge in [0.25, 0.3) is 5.91 Å². The van der Waals surface area contributed by atoms with Gasteiger partial charge in [-0.3, -0.25) is 10.1 Å². The maximum atomic E-state index is 12.7. The summed E-state index contributed by atoms with van der Waals surface area (Å²) in [4.78, 5) is 29.2. The highest BCUT2D eigenvalue weighted by Gasteiger charge is 2.20. The summed E-state index contributed by atoms with van der Waals surface area (Å²) < 4.78 is 9.94. The van der Waals surface area contributed by atoms with E-state index in [1.807, 2.05) is 6.07 Å². The number of methoxy groups -OCH3 is 2. The standard InChI is InChI=1S/C22H24Cl2N4O4S/c1-27-6-8-28(9-7-27)18-5-4-13(21(30)32-3)12-17(18)25-22(33)26-20(29)14-10-15(23)19(31-2)16(24)11-14/h4-5,10-12H,6-9H2,1-3H3,(H2,25,26,29,33). The summed E-state index contributed by atoms with van der Waals surface area (Å²) in [7, 11) is 4.82. The summed E-state index contributed by atoms with van der Waals surface area (Å²) in [6.45, 7) is 3.42. The summed E-state index contributed by atoms with van der Waals surface area (Å²) in [5.74, 6) is -0.684. The zero-order valence-corrected chi connectivity index (χ0v) is 20.7. The van der Waals surface area contributed by atoms with E-state index in [0.29, 0.717) is 11.3 Å². The molecule has 0 spiro atoms. The lowest BCUT2D eigenvalue weighted by Gasteiger charge is -2.35. The Morgan fingerprint density at radius 3 is 2.21 bits per heavy atom. The van der Waals surface area contributed by atoms with Crippen molar-refractivity contribution in [1.82, 2.24) is 10.2 Å². The molecule has 1 fully saturated rings. The average molecular weight is 511 g/mol. The molecule has 33 heavy (non-hydrogen) atoms. The number of ether oxygens (including phenoxy) is 2. The van der Waals surface area contributed by atoms with Crippen molar-refractivity contribution >= 4 is 63.8 Å². The van der Waals surface area contributed by atoms with E-state index >= 15 is 0 Å². The first-order valence-electron chi connectivity index (χ1n) is 10.0. The van der Waals surface area contributed by atoms with Gasteiger partial charge >= 0.3 is 5.97 Å². The SMILES string of the molecule is COC(=O)c1ccc(N2CCN(C)CC2)c(NC(=S)NC(=O)c2cc(Cl)c(OC)c(Cl)c2)c1. The van der Waals surface area contributed by atoms with Crippen LogP contribution in [0.2, 0.25) is 10.0 Å². The van der Waals surface area contributed by atoms with E-state index in [-0.39, 0.29) is 26.5 Å². The number of hydrogen-bond donors (Lipinski definition) is 2. The molecular weight excluding hydrogens is 487 g/mol. The Labute approximate surface area is 207 Å². The first kappa shape index (κ1) is 25.0. The molecule has 0 atom stereocenters. The molecule has 1 saturated heterocycles. The first-order valence-corrected chi connectivity index (χ1v) is 11.2. The van der Waals surface area contributed by atoms with Gasteiger partial charge in [0.1, 0.15) is 0 Å². The third-order valence-electron chi connectivity index (χ3n) is 5.20. The number of rotatable bonds is 5. The van der Waals surface area contributed by atoms with Crippen LogP contribution in [0.5, 0.6) is 5.75 Å². The van der Waals surface area contributed by atoms with E-state index in [4.69, 9.17) is 44.9 Å². The quantitative estimate of drug-likeness (QED) is 0.465. The van der Waals surface area contributed by atoms with Gasteiger partial charge < -0.3 is 24.6 Å². The Balaban J connectivity index is 1.81. The molecule has 1 aliphatic heterocycles. The number of esters is 1. The molecule has 3 rings (SSSR count). The van der Waals surface area contributed by atoms with Crippen molar-refractivity contribution in [3.63, 3.8) is 0 Å². The molecule has 176 valence electrons. The maximum absolute atomic E-state index is 12.7. The van der Waals surface area contributed by atoms with Gasteiger partial charge in [-0.05, 0) is 49.6 Å². The second-order valence-corrected chi connectivity index (χ2v) is 8.62. The van der Waals surface area contributed by atoms with Gasteiger partial charge in [0, 0.05) is 31.7 Å². The number of nitrogens with zero attached hydrogens (tertiary/aromatic N) is 2. The van der Waals surface area contributed by atoms with Crippen LogP contribution in [0.1, 0.15) is 20.7 Å². The molecule has 0 bridgehead atoms. The fourth-order valence-corrected chi connectivity index (χ4v) is 4.26. The van der Waals surface area contributed by atoms with E-state index in [1.165, 1.54) is 26.4 Å². The molecule has 1 aliphatic rings. The van der Waals surface area contributed by atoms with E-state index in [1.54, 1.807) is 12.1 Å². The van der Waals surface area contributed by atoms with Crippen molar-refractivity contribution in [3.8, 4) is 5.75 Å². The third kappa shape index (κ3) is 6.05. The summed E-state index contributed by atoms with van der Waals surface area (Å²) in [5.41, 5.74) is 2.03. The lowest BCUT2D eigenvalue weighted by Crippen LogP contribution is -2.45. The minimum atomic E-state index is -0.496. The molecule has 1 heterocycles. The van der Waals surface area contributed by atoms with Crippen molar-refractivity contribution in [1.29, 1.82) is 0 Å². The van der Waals surface area contributed by atoms with E-state index < -0.39 is 11.9 Å². The Kier molecular flexibility index (Phi) is 8.36. The van der Waals surface area contributed by atoms with Crippen molar-refractivity contribution in [2.24, 2.45) is 0 Å². The highest BCUT2D eigenvalue weighted by molar-refractivity contribution is 7.80. The zero-order chi connectivity index (χ0) is 24.1. The van der Waals surface area contributed by atoms with Gasteiger partial charge in [-0.2, -0.15) is 0 Å². The lowest BCUT2D eigenvalue weighted by molar-refractivity contribution is 0.0600. The molecule has 11 heteroatoms. The Morgan fingerprint density at radius 1 is 1.00 bits per heavy atom. The Hall–Kier alpha value is -2.59. The normalized spacial score (nSPS) is 13.9. The molecule has 2 N–H and O–H groups in total. The third-order valence-corrected chi connectivity index (χ3v) is 5.97. The molecule has 1 amide bonds. The van der Waals surface area contributed by atoms with Crippen LogP contribution in [0.3, 0.4) is 0 Å². The van der Waals surface area contributed by atoms with Gasteiger partial charge in [0.2, 0.25) is 0 Å². The second-order valence-electron chi connectivity index (χ2n) is 7.40. The topological polar surface area (TPSA) is 83.1 Å². The van der Waals surface area contributed by atoms with Crippen molar-refractivity contribution in [2.45, 2.75) is 0 Å². The summed E-state index contributed by atoms with van der Waals surface area (Å²) in [6, 6.07) is 8.08. The average Bonchev–Trinajstić information content (AvgIpc) is 2.78. The minimum Gasteiger partial charge on any atom is -0.494 e. The van der Waals surface area contributed by atoms with Crippen LogP contribution in [-0.2, 0) is 4.74 Å². The monoisotopic (exact) mass is 510 g/mol. The number of hydrogen-bond acceptors (Lipinski definition) is 7. The predicted octanol–water partition coefficient (Wildman–Crippen LogP) is 3.67. The van der Waals surface area contributed by atoms with Crippen LogP contribution in [-0.4, -0.2) is 69.3 Å². The maximum Gasteiger partial charge on any atom is 0.337 e. The summed E-state index contributed by atoms with van der Waals surface area (Å²) >= 11 is 17.6. The number of piperazine rings is 1. The van der Waals surface area contributed by atoms with Gasteiger partial charge in [0.15, 0.2) is 10.9 Å². The van der Waals surface area contributed by atoms with Crippen molar-refractivity contribution < 1.29 is 19.1 Å². The summed E-state index contributed by atoms with van der Waals surface area (Å²) in [6.07, 6.45) is 0. The molecule has 0 aromatic heterocycles. The van der Waals surface area contributed by atoms with Crippen LogP contribution in [0.15, 0.2) is 30.3 Å². The highest BCUT2D eigenvalue weighted by atomic mass is 35.5. The van der Waals surface area contributed by atoms with Gasteiger partial charge in [-0.15, -0.1) is 0 Å². The summed E-state index contributed by atoms with van der Waals surface area (Å²) in [5, 5.41) is 6.12. The van der Waals surface area contributed by atoms with Crippen LogP contribution in [0, 0.1) is 0 Å². The van der Waals surface area contributed by atoms with Crippen LogP contribution < -0.4 is 20.3 Å². The second kappa shape index (κ2) is 11.0. The van der Waals surface area contributed by atoms with Crippen LogP contribution >= 0.6 is 35.4 Å².